The van der Waals surface area contributed by atoms with Crippen molar-refractivity contribution in [2.24, 2.45) is 5.92 Å². The third kappa shape index (κ3) is 8.31. The van der Waals surface area contributed by atoms with Crippen molar-refractivity contribution >= 4 is 11.8 Å². The zero-order valence-electron chi connectivity index (χ0n) is 12.2. The lowest BCUT2D eigenvalue weighted by Crippen LogP contribution is -2.26. The molecule has 120 valence electrons. The quantitative estimate of drug-likeness (QED) is 0.690. The average molecular weight is 323 g/mol. The van der Waals surface area contributed by atoms with Gasteiger partial charge < -0.3 is 5.32 Å². The first-order valence-corrected chi connectivity index (χ1v) is 7.93. The van der Waals surface area contributed by atoms with Crippen LogP contribution in [0.4, 0.5) is 17.6 Å². The summed E-state index contributed by atoms with van der Waals surface area (Å²) >= 11 is -0.0210. The molecule has 21 heavy (non-hydrogen) atoms. The summed E-state index contributed by atoms with van der Waals surface area (Å²) < 4.78 is 49.9. The van der Waals surface area contributed by atoms with Gasteiger partial charge in [0.25, 0.3) is 0 Å². The van der Waals surface area contributed by atoms with E-state index >= 15 is 0 Å². The smallest absolute Gasteiger partial charge is 0.316 e. The Labute approximate surface area is 127 Å². The van der Waals surface area contributed by atoms with Crippen molar-refractivity contribution in [3.05, 3.63) is 35.6 Å². The van der Waals surface area contributed by atoms with E-state index in [1.54, 1.807) is 12.1 Å². The topological polar surface area (TPSA) is 12.0 Å². The first kappa shape index (κ1) is 18.3. The molecule has 1 unspecified atom stereocenters. The van der Waals surface area contributed by atoms with E-state index in [2.05, 4.69) is 19.2 Å². The zero-order chi connectivity index (χ0) is 15.9. The summed E-state index contributed by atoms with van der Waals surface area (Å²) in [7, 11) is 0. The van der Waals surface area contributed by atoms with Crippen molar-refractivity contribution < 1.29 is 17.6 Å². The Bertz CT molecular complexity index is 420. The second-order valence-electron chi connectivity index (χ2n) is 5.39. The molecular weight excluding hydrogens is 302 g/mol. The highest BCUT2D eigenvalue weighted by Crippen LogP contribution is 2.32. The zero-order valence-corrected chi connectivity index (χ0v) is 13.0. The van der Waals surface area contributed by atoms with Crippen molar-refractivity contribution in [1.82, 2.24) is 5.32 Å². The molecule has 0 amide bonds. The number of hydrogen-bond acceptors (Lipinski definition) is 2. The molecule has 1 aromatic rings. The van der Waals surface area contributed by atoms with Gasteiger partial charge in [0.15, 0.2) is 0 Å². The van der Waals surface area contributed by atoms with Crippen LogP contribution in [0.25, 0.3) is 0 Å². The van der Waals surface area contributed by atoms with E-state index in [-0.39, 0.29) is 29.2 Å². The molecule has 1 atom stereocenters. The van der Waals surface area contributed by atoms with E-state index in [1.165, 1.54) is 12.1 Å². The van der Waals surface area contributed by atoms with Crippen molar-refractivity contribution in [2.45, 2.75) is 31.7 Å². The maximum Gasteiger partial charge on any atom is 0.441 e. The van der Waals surface area contributed by atoms with Crippen molar-refractivity contribution in [3.8, 4) is 0 Å². The molecule has 0 fully saturated rings. The molecule has 0 saturated carbocycles. The standard InChI is InChI=1S/C15H21F4NS/c1-11(2)9-20-10-13(6-7-21-15(17,18)19)12-4-3-5-14(16)8-12/h3-5,8,11,13,20H,6-7,9-10H2,1-2H3. The number of thioether (sulfide) groups is 1. The van der Waals surface area contributed by atoms with Gasteiger partial charge >= 0.3 is 5.51 Å². The molecule has 1 rings (SSSR count). The van der Waals surface area contributed by atoms with E-state index in [9.17, 15) is 17.6 Å². The first-order valence-electron chi connectivity index (χ1n) is 6.95. The van der Waals surface area contributed by atoms with E-state index in [4.69, 9.17) is 0 Å². The summed E-state index contributed by atoms with van der Waals surface area (Å²) in [6.07, 6.45) is 0.360. The summed E-state index contributed by atoms with van der Waals surface area (Å²) in [5.74, 6) is -0.0320. The molecule has 0 spiro atoms. The summed E-state index contributed by atoms with van der Waals surface area (Å²) in [5, 5.41) is 3.24. The minimum atomic E-state index is -4.21. The molecule has 1 aromatic carbocycles. The van der Waals surface area contributed by atoms with Gasteiger partial charge in [0, 0.05) is 12.3 Å². The highest BCUT2D eigenvalue weighted by molar-refractivity contribution is 8.00. The summed E-state index contributed by atoms with van der Waals surface area (Å²) in [5.41, 5.74) is -3.47. The molecule has 1 N–H and O–H groups in total. The Balaban J connectivity index is 2.61. The SMILES string of the molecule is CC(C)CNCC(CCSC(F)(F)F)c1cccc(F)c1. The lowest BCUT2D eigenvalue weighted by Gasteiger charge is -2.19. The van der Waals surface area contributed by atoms with Gasteiger partial charge in [-0.25, -0.2) is 4.39 Å². The number of halogens is 4. The van der Waals surface area contributed by atoms with Gasteiger partial charge in [0.1, 0.15) is 5.82 Å². The predicted octanol–water partition coefficient (Wildman–Crippen LogP) is 4.80. The molecule has 0 bridgehead atoms. The van der Waals surface area contributed by atoms with Crippen molar-refractivity contribution in [1.29, 1.82) is 0 Å². The lowest BCUT2D eigenvalue weighted by molar-refractivity contribution is -0.0328. The molecule has 1 nitrogen and oxygen atoms in total. The second-order valence-corrected chi connectivity index (χ2v) is 6.55. The molecule has 0 radical (unpaired) electrons. The minimum Gasteiger partial charge on any atom is -0.316 e. The normalized spacial score (nSPS) is 13.7. The number of nitrogens with one attached hydrogen (secondary N) is 1. The fraction of sp³-hybridized carbons (Fsp3) is 0.600. The van der Waals surface area contributed by atoms with Gasteiger partial charge in [0.05, 0.1) is 0 Å². The number of hydrogen-bond donors (Lipinski definition) is 1. The van der Waals surface area contributed by atoms with Crippen LogP contribution in [-0.4, -0.2) is 24.4 Å². The van der Waals surface area contributed by atoms with Crippen LogP contribution in [0.15, 0.2) is 24.3 Å². The molecule has 0 aliphatic heterocycles. The van der Waals surface area contributed by atoms with Crippen LogP contribution in [-0.2, 0) is 0 Å². The summed E-state index contributed by atoms with van der Waals surface area (Å²) in [6, 6.07) is 6.10. The summed E-state index contributed by atoms with van der Waals surface area (Å²) in [4.78, 5) is 0. The number of rotatable bonds is 8. The van der Waals surface area contributed by atoms with Gasteiger partial charge in [0.2, 0.25) is 0 Å². The van der Waals surface area contributed by atoms with Crippen LogP contribution < -0.4 is 5.32 Å². The van der Waals surface area contributed by atoms with Crippen LogP contribution in [0, 0.1) is 11.7 Å². The van der Waals surface area contributed by atoms with E-state index < -0.39 is 5.51 Å². The van der Waals surface area contributed by atoms with E-state index in [0.29, 0.717) is 18.9 Å². The van der Waals surface area contributed by atoms with Crippen LogP contribution in [0.5, 0.6) is 0 Å². The maximum absolute atomic E-state index is 13.3. The Kier molecular flexibility index (Phi) is 7.52. The van der Waals surface area contributed by atoms with Gasteiger partial charge in [-0.05, 0) is 42.5 Å². The second kappa shape index (κ2) is 8.63. The Morgan fingerprint density at radius 3 is 2.48 bits per heavy atom. The molecule has 0 aliphatic rings. The summed E-state index contributed by atoms with van der Waals surface area (Å²) in [6.45, 7) is 5.46. The fourth-order valence-corrected chi connectivity index (χ4v) is 2.64. The Hall–Kier alpha value is -0.750. The highest BCUT2D eigenvalue weighted by Gasteiger charge is 2.28. The molecular formula is C15H21F4NS. The third-order valence-corrected chi connectivity index (χ3v) is 3.76. The maximum atomic E-state index is 13.3. The van der Waals surface area contributed by atoms with Crippen LogP contribution in [0.3, 0.4) is 0 Å². The third-order valence-electron chi connectivity index (χ3n) is 3.00. The molecule has 6 heteroatoms. The molecule has 0 aliphatic carbocycles. The van der Waals surface area contributed by atoms with Crippen molar-refractivity contribution in [2.75, 3.05) is 18.8 Å². The van der Waals surface area contributed by atoms with Crippen LogP contribution >= 0.6 is 11.8 Å². The van der Waals surface area contributed by atoms with Gasteiger partial charge in [-0.1, -0.05) is 37.7 Å². The van der Waals surface area contributed by atoms with Crippen LogP contribution in [0.2, 0.25) is 0 Å². The molecule has 0 heterocycles. The molecule has 0 saturated heterocycles. The monoisotopic (exact) mass is 323 g/mol. The van der Waals surface area contributed by atoms with Crippen LogP contribution in [0.1, 0.15) is 31.7 Å². The molecule has 0 aromatic heterocycles. The Morgan fingerprint density at radius 1 is 1.19 bits per heavy atom. The minimum absolute atomic E-state index is 0.0198. The van der Waals surface area contributed by atoms with Gasteiger partial charge in [-0.2, -0.15) is 13.2 Å². The van der Waals surface area contributed by atoms with E-state index in [0.717, 1.165) is 12.1 Å². The van der Waals surface area contributed by atoms with E-state index in [1.807, 2.05) is 0 Å². The lowest BCUT2D eigenvalue weighted by atomic mass is 9.96. The van der Waals surface area contributed by atoms with Crippen molar-refractivity contribution in [3.63, 3.8) is 0 Å². The predicted molar refractivity (Wildman–Crippen MR) is 80.0 cm³/mol. The van der Waals surface area contributed by atoms with Gasteiger partial charge in [-0.15, -0.1) is 0 Å². The largest absolute Gasteiger partial charge is 0.441 e. The van der Waals surface area contributed by atoms with Gasteiger partial charge in [-0.3, -0.25) is 0 Å². The fourth-order valence-electron chi connectivity index (χ4n) is 2.01. The number of benzene rings is 1. The Morgan fingerprint density at radius 2 is 1.90 bits per heavy atom. The highest BCUT2D eigenvalue weighted by atomic mass is 32.2. The number of alkyl halides is 3. The average Bonchev–Trinajstić information content (AvgIpc) is 2.35. The first-order chi connectivity index (χ1) is 9.78.